The van der Waals surface area contributed by atoms with Crippen LogP contribution >= 0.6 is 0 Å². The first-order chi connectivity index (χ1) is 4.66. The molecule has 2 unspecified atom stereocenters. The van der Waals surface area contributed by atoms with Crippen LogP contribution in [0.5, 0.6) is 0 Å². The van der Waals surface area contributed by atoms with Crippen molar-refractivity contribution in [2.24, 2.45) is 11.8 Å². The SMILES string of the molecule is [CH2]C(C)CC(C)C[CH]C=C. The van der Waals surface area contributed by atoms with Gasteiger partial charge in [-0.1, -0.05) is 26.8 Å². The standard InChI is InChI=1S/C10H18/c1-5-6-7-10(4)8-9(2)3/h5-6,9-10H,1-2,7-8H2,3-4H3. The molecule has 58 valence electrons. The second kappa shape index (κ2) is 5.52. The molecule has 2 radical (unpaired) electrons. The number of rotatable bonds is 5. The summed E-state index contributed by atoms with van der Waals surface area (Å²) in [5.74, 6) is 1.33. The first-order valence-electron chi connectivity index (χ1n) is 3.94. The summed E-state index contributed by atoms with van der Waals surface area (Å²) in [6, 6.07) is 0. The van der Waals surface area contributed by atoms with Gasteiger partial charge in [-0.25, -0.2) is 0 Å². The lowest BCUT2D eigenvalue weighted by Crippen LogP contribution is -1.99. The quantitative estimate of drug-likeness (QED) is 0.547. The topological polar surface area (TPSA) is 0 Å². The Morgan fingerprint density at radius 2 is 2.00 bits per heavy atom. The molecule has 0 saturated carbocycles. The highest BCUT2D eigenvalue weighted by Gasteiger charge is 2.02. The minimum atomic E-state index is 0.577. The van der Waals surface area contributed by atoms with Gasteiger partial charge >= 0.3 is 0 Å². The minimum Gasteiger partial charge on any atom is -0.103 e. The van der Waals surface area contributed by atoms with Gasteiger partial charge in [0.1, 0.15) is 0 Å². The monoisotopic (exact) mass is 138 g/mol. The molecule has 0 N–H and O–H groups in total. The van der Waals surface area contributed by atoms with E-state index in [1.165, 1.54) is 6.42 Å². The van der Waals surface area contributed by atoms with Crippen LogP contribution in [0, 0.1) is 25.2 Å². The molecule has 0 aliphatic rings. The van der Waals surface area contributed by atoms with Crippen molar-refractivity contribution in [2.45, 2.75) is 26.7 Å². The first-order valence-corrected chi connectivity index (χ1v) is 3.94. The van der Waals surface area contributed by atoms with E-state index in [0.29, 0.717) is 5.92 Å². The third-order valence-electron chi connectivity index (χ3n) is 1.51. The maximum absolute atomic E-state index is 3.95. The largest absolute Gasteiger partial charge is 0.103 e. The van der Waals surface area contributed by atoms with E-state index < -0.39 is 0 Å². The van der Waals surface area contributed by atoms with Crippen molar-refractivity contribution in [3.63, 3.8) is 0 Å². The molecule has 10 heavy (non-hydrogen) atoms. The van der Waals surface area contributed by atoms with Gasteiger partial charge in [0, 0.05) is 0 Å². The smallest absolute Gasteiger partial charge is 0.0171 e. The van der Waals surface area contributed by atoms with E-state index in [2.05, 4.69) is 33.8 Å². The van der Waals surface area contributed by atoms with Crippen LogP contribution in [0.4, 0.5) is 0 Å². The fraction of sp³-hybridized carbons (Fsp3) is 0.600. The van der Waals surface area contributed by atoms with E-state index in [1.54, 1.807) is 0 Å². The van der Waals surface area contributed by atoms with Crippen LogP contribution in [0.3, 0.4) is 0 Å². The summed E-state index contributed by atoms with van der Waals surface area (Å²) in [7, 11) is 0. The van der Waals surface area contributed by atoms with E-state index in [-0.39, 0.29) is 0 Å². The molecule has 0 bridgehead atoms. The fourth-order valence-electron chi connectivity index (χ4n) is 1.11. The van der Waals surface area contributed by atoms with Gasteiger partial charge in [-0.3, -0.25) is 0 Å². The Morgan fingerprint density at radius 3 is 2.40 bits per heavy atom. The zero-order chi connectivity index (χ0) is 7.98. The van der Waals surface area contributed by atoms with Crippen molar-refractivity contribution >= 4 is 0 Å². The molecule has 0 aliphatic carbocycles. The Balaban J connectivity index is 3.24. The zero-order valence-corrected chi connectivity index (χ0v) is 7.14. The molecule has 0 spiro atoms. The molecule has 0 rings (SSSR count). The molecule has 0 nitrogen and oxygen atoms in total. The molecule has 0 saturated heterocycles. The number of hydrogen-bond donors (Lipinski definition) is 0. The Hall–Kier alpha value is -0.260. The summed E-state index contributed by atoms with van der Waals surface area (Å²) < 4.78 is 0. The van der Waals surface area contributed by atoms with Crippen LogP contribution in [0.2, 0.25) is 0 Å². The molecular formula is C10H18. The van der Waals surface area contributed by atoms with Gasteiger partial charge in [0.15, 0.2) is 0 Å². The molecule has 0 heteroatoms. The van der Waals surface area contributed by atoms with Crippen molar-refractivity contribution in [2.75, 3.05) is 0 Å². The van der Waals surface area contributed by atoms with Crippen molar-refractivity contribution in [3.8, 4) is 0 Å². The Labute approximate surface area is 65.3 Å². The number of hydrogen-bond acceptors (Lipinski definition) is 0. The third-order valence-corrected chi connectivity index (χ3v) is 1.51. The highest BCUT2D eigenvalue weighted by molar-refractivity contribution is 4.87. The molecule has 0 aromatic heterocycles. The van der Waals surface area contributed by atoms with Crippen molar-refractivity contribution < 1.29 is 0 Å². The third kappa shape index (κ3) is 5.87. The van der Waals surface area contributed by atoms with E-state index in [0.717, 1.165) is 12.3 Å². The van der Waals surface area contributed by atoms with Crippen LogP contribution in [0.1, 0.15) is 26.7 Å². The molecule has 0 fully saturated rings. The molecule has 0 aliphatic heterocycles. The molecule has 2 atom stereocenters. The maximum Gasteiger partial charge on any atom is -0.0171 e. The van der Waals surface area contributed by atoms with Gasteiger partial charge in [-0.15, -0.1) is 6.58 Å². The Morgan fingerprint density at radius 1 is 1.40 bits per heavy atom. The van der Waals surface area contributed by atoms with Gasteiger partial charge < -0.3 is 0 Å². The van der Waals surface area contributed by atoms with Crippen molar-refractivity contribution in [1.29, 1.82) is 0 Å². The van der Waals surface area contributed by atoms with E-state index in [1.807, 2.05) is 6.08 Å². The molecule has 0 heterocycles. The lowest BCUT2D eigenvalue weighted by atomic mass is 9.95. The van der Waals surface area contributed by atoms with Gasteiger partial charge in [0.25, 0.3) is 0 Å². The first kappa shape index (κ1) is 9.74. The fourth-order valence-corrected chi connectivity index (χ4v) is 1.11. The summed E-state index contributed by atoms with van der Waals surface area (Å²) in [6.45, 7) is 12.0. The van der Waals surface area contributed by atoms with Gasteiger partial charge in [0.05, 0.1) is 0 Å². The minimum absolute atomic E-state index is 0.577. The maximum atomic E-state index is 3.95. The van der Waals surface area contributed by atoms with E-state index in [9.17, 15) is 0 Å². The second-order valence-corrected chi connectivity index (χ2v) is 3.15. The van der Waals surface area contributed by atoms with Crippen LogP contribution < -0.4 is 0 Å². The van der Waals surface area contributed by atoms with Crippen LogP contribution in [0.15, 0.2) is 12.7 Å². The molecule has 0 aromatic carbocycles. The summed E-state index contributed by atoms with van der Waals surface area (Å²) in [6.07, 6.45) is 6.34. The highest BCUT2D eigenvalue weighted by Crippen LogP contribution is 2.15. The molecular weight excluding hydrogens is 120 g/mol. The number of allylic oxidation sites excluding steroid dienone is 1. The van der Waals surface area contributed by atoms with Crippen LogP contribution in [-0.4, -0.2) is 0 Å². The van der Waals surface area contributed by atoms with Gasteiger partial charge in [0.2, 0.25) is 0 Å². The summed E-state index contributed by atoms with van der Waals surface area (Å²) >= 11 is 0. The highest BCUT2D eigenvalue weighted by atomic mass is 14.1. The Kier molecular flexibility index (Phi) is 5.38. The Bertz CT molecular complexity index is 82.0. The van der Waals surface area contributed by atoms with Crippen molar-refractivity contribution in [3.05, 3.63) is 26.0 Å². The predicted octanol–water partition coefficient (Wildman–Crippen LogP) is 3.26. The van der Waals surface area contributed by atoms with Crippen LogP contribution in [-0.2, 0) is 0 Å². The summed E-state index contributed by atoms with van der Waals surface area (Å²) in [5.41, 5.74) is 0. The zero-order valence-electron chi connectivity index (χ0n) is 7.14. The second-order valence-electron chi connectivity index (χ2n) is 3.15. The summed E-state index contributed by atoms with van der Waals surface area (Å²) in [4.78, 5) is 0. The van der Waals surface area contributed by atoms with E-state index in [4.69, 9.17) is 0 Å². The average Bonchev–Trinajstić information content (AvgIpc) is 1.82. The lowest BCUT2D eigenvalue weighted by molar-refractivity contribution is 0.462. The normalized spacial score (nSPS) is 13.6. The van der Waals surface area contributed by atoms with E-state index >= 15 is 0 Å². The predicted molar refractivity (Wildman–Crippen MR) is 47.4 cm³/mol. The molecule has 0 amide bonds. The van der Waals surface area contributed by atoms with Gasteiger partial charge in [-0.05, 0) is 31.1 Å². The molecule has 0 aromatic rings. The summed E-state index contributed by atoms with van der Waals surface area (Å²) in [5, 5.41) is 0. The average molecular weight is 138 g/mol. The van der Waals surface area contributed by atoms with Gasteiger partial charge in [-0.2, -0.15) is 0 Å². The van der Waals surface area contributed by atoms with Crippen molar-refractivity contribution in [1.82, 2.24) is 0 Å². The van der Waals surface area contributed by atoms with Crippen LogP contribution in [0.25, 0.3) is 0 Å². The lowest BCUT2D eigenvalue weighted by Gasteiger charge is -2.11.